The first-order chi connectivity index (χ1) is 16.1. The van der Waals surface area contributed by atoms with E-state index < -0.39 is 12.3 Å². The molecular formula is C24H21N3O6. The SMILES string of the molecule is C[C@@H](CO)N1CC(=O)N2C(=C(c3c[nH]c4ccccc34)O[C@@H]2c2ccc3c(c2)OCO3)C1=O. The molecule has 0 bridgehead atoms. The second-order valence-corrected chi connectivity index (χ2v) is 8.24. The van der Waals surface area contributed by atoms with Crippen LogP contribution in [0.2, 0.25) is 0 Å². The number of aliphatic hydroxyl groups is 1. The first kappa shape index (κ1) is 19.7. The minimum absolute atomic E-state index is 0.129. The van der Waals surface area contributed by atoms with Gasteiger partial charge in [0.05, 0.1) is 12.6 Å². The lowest BCUT2D eigenvalue weighted by molar-refractivity contribution is -0.151. The third-order valence-corrected chi connectivity index (χ3v) is 6.27. The van der Waals surface area contributed by atoms with Gasteiger partial charge >= 0.3 is 0 Å². The van der Waals surface area contributed by atoms with Gasteiger partial charge in [-0.3, -0.25) is 14.5 Å². The van der Waals surface area contributed by atoms with Crippen LogP contribution in [0.25, 0.3) is 16.7 Å². The molecule has 4 heterocycles. The average Bonchev–Trinajstić information content (AvgIpc) is 3.56. The van der Waals surface area contributed by atoms with Gasteiger partial charge in [0, 0.05) is 28.2 Å². The van der Waals surface area contributed by atoms with Gasteiger partial charge in [0.2, 0.25) is 18.9 Å². The Morgan fingerprint density at radius 3 is 2.82 bits per heavy atom. The van der Waals surface area contributed by atoms with Crippen molar-refractivity contribution in [3.63, 3.8) is 0 Å². The number of nitrogens with one attached hydrogen (secondary N) is 1. The lowest BCUT2D eigenvalue weighted by Gasteiger charge is -2.37. The van der Waals surface area contributed by atoms with E-state index in [0.29, 0.717) is 28.4 Å². The largest absolute Gasteiger partial charge is 0.463 e. The van der Waals surface area contributed by atoms with Crippen molar-refractivity contribution in [2.24, 2.45) is 0 Å². The molecule has 3 aliphatic rings. The molecule has 0 aliphatic carbocycles. The predicted octanol–water partition coefficient (Wildman–Crippen LogP) is 2.35. The quantitative estimate of drug-likeness (QED) is 0.636. The number of amides is 2. The van der Waals surface area contributed by atoms with E-state index in [0.717, 1.165) is 10.9 Å². The molecule has 1 fully saturated rings. The molecule has 0 radical (unpaired) electrons. The predicted molar refractivity (Wildman–Crippen MR) is 117 cm³/mol. The normalized spacial score (nSPS) is 20.5. The van der Waals surface area contributed by atoms with Gasteiger partial charge in [-0.25, -0.2) is 0 Å². The number of piperazine rings is 1. The topological polar surface area (TPSA) is 104 Å². The minimum atomic E-state index is -0.832. The van der Waals surface area contributed by atoms with E-state index in [4.69, 9.17) is 14.2 Å². The maximum Gasteiger partial charge on any atom is 0.275 e. The monoisotopic (exact) mass is 447 g/mol. The lowest BCUT2D eigenvalue weighted by Crippen LogP contribution is -2.55. The van der Waals surface area contributed by atoms with Crippen molar-refractivity contribution in [1.82, 2.24) is 14.8 Å². The Hall–Kier alpha value is -3.98. The second kappa shape index (κ2) is 7.28. The molecular weight excluding hydrogens is 426 g/mol. The molecule has 2 N–H and O–H groups in total. The van der Waals surface area contributed by atoms with Gasteiger partial charge in [0.25, 0.3) is 5.91 Å². The fourth-order valence-corrected chi connectivity index (χ4v) is 4.52. The summed E-state index contributed by atoms with van der Waals surface area (Å²) in [5.41, 5.74) is 2.40. The van der Waals surface area contributed by atoms with Crippen molar-refractivity contribution in [1.29, 1.82) is 0 Å². The molecule has 1 saturated heterocycles. The smallest absolute Gasteiger partial charge is 0.275 e. The van der Waals surface area contributed by atoms with Crippen molar-refractivity contribution in [3.05, 3.63) is 65.5 Å². The zero-order valence-corrected chi connectivity index (χ0v) is 17.8. The fraction of sp³-hybridized carbons (Fsp3) is 0.250. The minimum Gasteiger partial charge on any atom is -0.463 e. The van der Waals surface area contributed by atoms with Crippen LogP contribution in [0.3, 0.4) is 0 Å². The third-order valence-electron chi connectivity index (χ3n) is 6.27. The number of carbonyl (C=O) groups is 2. The Morgan fingerprint density at radius 2 is 1.97 bits per heavy atom. The molecule has 2 aromatic carbocycles. The Kier molecular flexibility index (Phi) is 4.34. The van der Waals surface area contributed by atoms with Crippen LogP contribution in [0.1, 0.15) is 24.3 Å². The summed E-state index contributed by atoms with van der Waals surface area (Å²) in [7, 11) is 0. The number of fused-ring (bicyclic) bond motifs is 3. The number of benzene rings is 2. The molecule has 0 unspecified atom stereocenters. The molecule has 2 amide bonds. The van der Waals surface area contributed by atoms with E-state index in [-0.39, 0.29) is 37.5 Å². The molecule has 168 valence electrons. The Balaban J connectivity index is 1.51. The van der Waals surface area contributed by atoms with Crippen molar-refractivity contribution in [2.45, 2.75) is 19.2 Å². The zero-order chi connectivity index (χ0) is 22.7. The standard InChI is InChI=1S/C24H21N3O6/c1-13(11-28)26-10-20(29)27-21(23(26)30)22(16-9-25-17-5-3-2-4-15(16)17)33-24(27)14-6-7-18-19(8-14)32-12-31-18/h2-9,13,24-25,28H,10-12H2,1H3/t13-,24+/m0/s1. The number of nitrogens with zero attached hydrogens (tertiary/aromatic N) is 2. The van der Waals surface area contributed by atoms with Crippen molar-refractivity contribution in [2.75, 3.05) is 19.9 Å². The van der Waals surface area contributed by atoms with E-state index in [1.807, 2.05) is 24.3 Å². The summed E-state index contributed by atoms with van der Waals surface area (Å²) in [6.07, 6.45) is 0.945. The van der Waals surface area contributed by atoms with Crippen LogP contribution >= 0.6 is 0 Å². The van der Waals surface area contributed by atoms with E-state index >= 15 is 0 Å². The molecule has 9 nitrogen and oxygen atoms in total. The van der Waals surface area contributed by atoms with Gasteiger partial charge in [0.1, 0.15) is 6.54 Å². The number of carbonyl (C=O) groups excluding carboxylic acids is 2. The van der Waals surface area contributed by atoms with Gasteiger partial charge in [-0.15, -0.1) is 0 Å². The fourth-order valence-electron chi connectivity index (χ4n) is 4.52. The van der Waals surface area contributed by atoms with Crippen LogP contribution in [0.4, 0.5) is 0 Å². The van der Waals surface area contributed by atoms with Crippen molar-refractivity contribution in [3.8, 4) is 11.5 Å². The molecule has 33 heavy (non-hydrogen) atoms. The van der Waals surface area contributed by atoms with Gasteiger partial charge in [-0.05, 0) is 31.2 Å². The number of hydrogen-bond acceptors (Lipinski definition) is 6. The summed E-state index contributed by atoms with van der Waals surface area (Å²) >= 11 is 0. The summed E-state index contributed by atoms with van der Waals surface area (Å²) in [5.74, 6) is 0.848. The number of hydrogen-bond donors (Lipinski definition) is 2. The maximum absolute atomic E-state index is 13.6. The molecule has 1 aromatic heterocycles. The summed E-state index contributed by atoms with van der Waals surface area (Å²) in [6.45, 7) is 1.44. The van der Waals surface area contributed by atoms with Crippen LogP contribution in [0.15, 0.2) is 54.4 Å². The van der Waals surface area contributed by atoms with Crippen LogP contribution in [-0.2, 0) is 14.3 Å². The molecule has 3 aliphatic heterocycles. The van der Waals surface area contributed by atoms with Gasteiger partial charge in [-0.1, -0.05) is 18.2 Å². The lowest BCUT2D eigenvalue weighted by atomic mass is 10.1. The summed E-state index contributed by atoms with van der Waals surface area (Å²) in [4.78, 5) is 32.9. The highest BCUT2D eigenvalue weighted by Crippen LogP contribution is 2.46. The van der Waals surface area contributed by atoms with Crippen LogP contribution in [0, 0.1) is 0 Å². The number of rotatable bonds is 4. The number of ether oxygens (including phenoxy) is 3. The van der Waals surface area contributed by atoms with Crippen molar-refractivity contribution < 1.29 is 28.9 Å². The van der Waals surface area contributed by atoms with Crippen LogP contribution in [0.5, 0.6) is 11.5 Å². The Labute approximate surface area is 188 Å². The van der Waals surface area contributed by atoms with E-state index in [1.165, 1.54) is 9.80 Å². The number of aromatic amines is 1. The van der Waals surface area contributed by atoms with E-state index in [9.17, 15) is 14.7 Å². The number of H-pyrrole nitrogens is 1. The maximum atomic E-state index is 13.6. The molecule has 0 saturated carbocycles. The van der Waals surface area contributed by atoms with Crippen molar-refractivity contribution >= 4 is 28.5 Å². The van der Waals surface area contributed by atoms with Crippen LogP contribution < -0.4 is 9.47 Å². The first-order valence-electron chi connectivity index (χ1n) is 10.7. The Morgan fingerprint density at radius 1 is 1.15 bits per heavy atom. The molecule has 3 aromatic rings. The summed E-state index contributed by atoms with van der Waals surface area (Å²) in [5, 5.41) is 10.5. The average molecular weight is 447 g/mol. The highest BCUT2D eigenvalue weighted by atomic mass is 16.7. The van der Waals surface area contributed by atoms with E-state index in [2.05, 4.69) is 4.98 Å². The molecule has 2 atom stereocenters. The Bertz CT molecular complexity index is 1330. The zero-order valence-electron chi connectivity index (χ0n) is 17.8. The highest BCUT2D eigenvalue weighted by Gasteiger charge is 2.49. The van der Waals surface area contributed by atoms with Gasteiger partial charge in [-0.2, -0.15) is 0 Å². The second-order valence-electron chi connectivity index (χ2n) is 8.24. The van der Waals surface area contributed by atoms with Crippen LogP contribution in [-0.4, -0.2) is 57.7 Å². The molecule has 6 rings (SSSR count). The summed E-state index contributed by atoms with van der Waals surface area (Å²) < 4.78 is 17.3. The van der Waals surface area contributed by atoms with Gasteiger partial charge in [0.15, 0.2) is 23.0 Å². The highest BCUT2D eigenvalue weighted by molar-refractivity contribution is 6.10. The van der Waals surface area contributed by atoms with Gasteiger partial charge < -0.3 is 29.2 Å². The molecule has 9 heteroatoms. The number of aromatic nitrogens is 1. The van der Waals surface area contributed by atoms with E-state index in [1.54, 1.807) is 31.3 Å². The summed E-state index contributed by atoms with van der Waals surface area (Å²) in [6, 6.07) is 12.5. The third kappa shape index (κ3) is 2.89. The number of para-hydroxylation sites is 1. The first-order valence-corrected chi connectivity index (χ1v) is 10.7. The number of aliphatic hydroxyl groups excluding tert-OH is 1. The molecule has 0 spiro atoms.